The van der Waals surface area contributed by atoms with Crippen molar-refractivity contribution in [3.05, 3.63) is 34.3 Å². The number of hydrogen-bond donors (Lipinski definition) is 2. The fraction of sp³-hybridized carbons (Fsp3) is 0.500. The highest BCUT2D eigenvalue weighted by Gasteiger charge is 2.16. The Morgan fingerprint density at radius 2 is 2.10 bits per heavy atom. The first-order valence-corrected chi connectivity index (χ1v) is 12.2. The number of likely N-dealkylation sites (tertiary alicyclic amines) is 1. The van der Waals surface area contributed by atoms with E-state index in [1.165, 1.54) is 42.5 Å². The minimum Gasteiger partial charge on any atom is -0.355 e. The third kappa shape index (κ3) is 7.54. The smallest absolute Gasteiger partial charge is 0.286 e. The fourth-order valence-corrected chi connectivity index (χ4v) is 4.98. The van der Waals surface area contributed by atoms with E-state index >= 15 is 0 Å². The number of nitrogens with one attached hydrogen (secondary N) is 2. The number of amides is 2. The van der Waals surface area contributed by atoms with Crippen molar-refractivity contribution in [2.75, 3.05) is 37.2 Å². The van der Waals surface area contributed by atoms with Crippen LogP contribution in [0.1, 0.15) is 36.0 Å². The fourth-order valence-electron chi connectivity index (χ4n) is 3.28. The molecule has 0 spiro atoms. The summed E-state index contributed by atoms with van der Waals surface area (Å²) in [5, 5.41) is 14.5. The van der Waals surface area contributed by atoms with Gasteiger partial charge in [-0.15, -0.1) is 10.2 Å². The Morgan fingerprint density at radius 1 is 1.30 bits per heavy atom. The number of nitrogens with zero attached hydrogens (tertiary/aromatic N) is 3. The molecular formula is C20H26ClN5O2S2. The van der Waals surface area contributed by atoms with Crippen LogP contribution in [0.5, 0.6) is 0 Å². The Hall–Kier alpha value is -1.68. The van der Waals surface area contributed by atoms with E-state index in [2.05, 4.69) is 32.7 Å². The van der Waals surface area contributed by atoms with Crippen LogP contribution in [0.15, 0.2) is 28.6 Å². The molecule has 0 saturated carbocycles. The maximum Gasteiger partial charge on any atom is 0.286 e. The summed E-state index contributed by atoms with van der Waals surface area (Å²) in [6.45, 7) is 6.33. The Morgan fingerprint density at radius 3 is 2.87 bits per heavy atom. The molecule has 30 heavy (non-hydrogen) atoms. The predicted octanol–water partition coefficient (Wildman–Crippen LogP) is 3.77. The van der Waals surface area contributed by atoms with Crippen LogP contribution in [-0.2, 0) is 4.79 Å². The number of carbonyl (C=O) groups excluding carboxylic acids is 2. The topological polar surface area (TPSA) is 87.2 Å². The molecule has 1 saturated heterocycles. The molecule has 1 atom stereocenters. The van der Waals surface area contributed by atoms with Crippen LogP contribution in [0.3, 0.4) is 0 Å². The summed E-state index contributed by atoms with van der Waals surface area (Å²) >= 11 is 8.29. The van der Waals surface area contributed by atoms with Crippen molar-refractivity contribution < 1.29 is 9.59 Å². The van der Waals surface area contributed by atoms with Crippen LogP contribution in [0.4, 0.5) is 5.69 Å². The van der Waals surface area contributed by atoms with Crippen LogP contribution in [0.25, 0.3) is 0 Å². The Kier molecular flexibility index (Phi) is 8.92. The van der Waals surface area contributed by atoms with E-state index < -0.39 is 0 Å². The molecule has 1 aromatic heterocycles. The van der Waals surface area contributed by atoms with Gasteiger partial charge in [-0.3, -0.25) is 9.59 Å². The summed E-state index contributed by atoms with van der Waals surface area (Å²) in [5.74, 6) is 0.663. The largest absolute Gasteiger partial charge is 0.355 e. The third-order valence-corrected chi connectivity index (χ3v) is 7.05. The molecule has 7 nitrogen and oxygen atoms in total. The number of hydrogen-bond acceptors (Lipinski definition) is 7. The lowest BCUT2D eigenvalue weighted by atomic mass is 10.0. The van der Waals surface area contributed by atoms with Crippen LogP contribution in [-0.4, -0.2) is 58.8 Å². The predicted molar refractivity (Wildman–Crippen MR) is 123 cm³/mol. The zero-order valence-corrected chi connectivity index (χ0v) is 19.3. The van der Waals surface area contributed by atoms with E-state index in [0.717, 1.165) is 25.4 Å². The van der Waals surface area contributed by atoms with Crippen LogP contribution in [0, 0.1) is 5.92 Å². The number of carbonyl (C=O) groups is 2. The highest BCUT2D eigenvalue weighted by Crippen LogP contribution is 2.23. The molecule has 3 rings (SSSR count). The number of benzene rings is 1. The molecule has 10 heteroatoms. The second-order valence-electron chi connectivity index (χ2n) is 7.37. The van der Waals surface area contributed by atoms with E-state index in [4.69, 9.17) is 11.6 Å². The maximum absolute atomic E-state index is 12.2. The van der Waals surface area contributed by atoms with Crippen molar-refractivity contribution in [3.63, 3.8) is 0 Å². The molecule has 2 heterocycles. The molecule has 162 valence electrons. The van der Waals surface area contributed by atoms with Gasteiger partial charge < -0.3 is 15.5 Å². The summed E-state index contributed by atoms with van der Waals surface area (Å²) in [6.07, 6.45) is 3.54. The van der Waals surface area contributed by atoms with Crippen molar-refractivity contribution in [1.82, 2.24) is 20.4 Å². The van der Waals surface area contributed by atoms with E-state index in [1.54, 1.807) is 24.3 Å². The molecule has 2 amide bonds. The van der Waals surface area contributed by atoms with Crippen molar-refractivity contribution in [3.8, 4) is 0 Å². The number of rotatable bonds is 9. The number of thioether (sulfide) groups is 1. The monoisotopic (exact) mass is 467 g/mol. The van der Waals surface area contributed by atoms with E-state index in [9.17, 15) is 9.59 Å². The minimum absolute atomic E-state index is 0.0330. The van der Waals surface area contributed by atoms with Crippen molar-refractivity contribution in [2.24, 2.45) is 5.92 Å². The summed E-state index contributed by atoms with van der Waals surface area (Å²) in [7, 11) is 0. The molecular weight excluding hydrogens is 442 g/mol. The molecule has 0 aliphatic carbocycles. The average molecular weight is 468 g/mol. The number of halogens is 1. The molecule has 0 radical (unpaired) electrons. The van der Waals surface area contributed by atoms with Gasteiger partial charge in [0.1, 0.15) is 0 Å². The molecule has 0 bridgehead atoms. The molecule has 1 aromatic carbocycles. The molecule has 2 N–H and O–H groups in total. The first kappa shape index (κ1) is 23.0. The zero-order chi connectivity index (χ0) is 21.3. The quantitative estimate of drug-likeness (QED) is 0.431. The summed E-state index contributed by atoms with van der Waals surface area (Å²) < 4.78 is 0.591. The average Bonchev–Trinajstić information content (AvgIpc) is 3.21. The molecule has 1 unspecified atom stereocenters. The third-order valence-electron chi connectivity index (χ3n) is 4.74. The lowest BCUT2D eigenvalue weighted by Crippen LogP contribution is -2.36. The zero-order valence-electron chi connectivity index (χ0n) is 16.9. The summed E-state index contributed by atoms with van der Waals surface area (Å²) in [6, 6.07) is 6.83. The maximum atomic E-state index is 12.2. The van der Waals surface area contributed by atoms with Crippen LogP contribution >= 0.6 is 34.7 Å². The Labute approximate surface area is 190 Å². The molecule has 2 aromatic rings. The van der Waals surface area contributed by atoms with E-state index in [0.29, 0.717) is 21.6 Å². The van der Waals surface area contributed by atoms with Crippen molar-refractivity contribution in [2.45, 2.75) is 30.5 Å². The van der Waals surface area contributed by atoms with Gasteiger partial charge in [-0.25, -0.2) is 0 Å². The number of aromatic nitrogens is 2. The van der Waals surface area contributed by atoms with E-state index in [-0.39, 0.29) is 22.6 Å². The Bertz CT molecular complexity index is 846. The van der Waals surface area contributed by atoms with E-state index in [1.807, 2.05) is 0 Å². The normalized spacial score (nSPS) is 16.9. The highest BCUT2D eigenvalue weighted by molar-refractivity contribution is 8.01. The van der Waals surface area contributed by atoms with Crippen molar-refractivity contribution >= 4 is 52.2 Å². The van der Waals surface area contributed by atoms with Gasteiger partial charge in [-0.1, -0.05) is 41.6 Å². The lowest BCUT2D eigenvalue weighted by Gasteiger charge is -2.30. The van der Waals surface area contributed by atoms with Gasteiger partial charge >= 0.3 is 0 Å². The first-order chi connectivity index (χ1) is 14.5. The number of anilines is 1. The second-order valence-corrected chi connectivity index (χ2v) is 10.0. The summed E-state index contributed by atoms with van der Waals surface area (Å²) in [4.78, 5) is 26.8. The second kappa shape index (κ2) is 11.6. The van der Waals surface area contributed by atoms with Gasteiger partial charge in [-0.05, 0) is 62.5 Å². The van der Waals surface area contributed by atoms with Gasteiger partial charge in [0.2, 0.25) is 10.9 Å². The SMILES string of the molecule is CC1CCCN(CCCNC(=O)CSc2nnc(C(=O)Nc3ccc(Cl)cc3)s2)C1. The van der Waals surface area contributed by atoms with Gasteiger partial charge in [0.05, 0.1) is 5.75 Å². The van der Waals surface area contributed by atoms with Gasteiger partial charge in [0.25, 0.3) is 5.91 Å². The Balaban J connectivity index is 1.33. The van der Waals surface area contributed by atoms with Gasteiger partial charge in [-0.2, -0.15) is 0 Å². The van der Waals surface area contributed by atoms with Gasteiger partial charge in [0, 0.05) is 23.8 Å². The first-order valence-electron chi connectivity index (χ1n) is 10.0. The molecule has 1 aliphatic rings. The molecule has 1 fully saturated rings. The molecule has 1 aliphatic heterocycles. The number of piperidine rings is 1. The van der Waals surface area contributed by atoms with Crippen molar-refractivity contribution in [1.29, 1.82) is 0 Å². The van der Waals surface area contributed by atoms with Crippen LogP contribution < -0.4 is 10.6 Å². The standard InChI is InChI=1S/C20H26ClN5O2S2/c1-14-4-2-10-26(12-14)11-3-9-22-17(27)13-29-20-25-24-19(30-20)18(28)23-16-7-5-15(21)6-8-16/h5-8,14H,2-4,9-13H2,1H3,(H,22,27)(H,23,28). The summed E-state index contributed by atoms with van der Waals surface area (Å²) in [5.41, 5.74) is 0.632. The highest BCUT2D eigenvalue weighted by atomic mass is 35.5. The van der Waals surface area contributed by atoms with Gasteiger partial charge in [0.15, 0.2) is 4.34 Å². The van der Waals surface area contributed by atoms with Crippen LogP contribution in [0.2, 0.25) is 5.02 Å². The lowest BCUT2D eigenvalue weighted by molar-refractivity contribution is -0.118. The minimum atomic E-state index is -0.335.